The smallest absolute Gasteiger partial charge is 0.317 e. The van der Waals surface area contributed by atoms with Crippen LogP contribution in [-0.4, -0.2) is 43.7 Å². The lowest BCUT2D eigenvalue weighted by Gasteiger charge is -2.31. The Kier molecular flexibility index (Phi) is 6.69. The van der Waals surface area contributed by atoms with Crippen molar-refractivity contribution in [3.63, 3.8) is 0 Å². The zero-order valence-electron chi connectivity index (χ0n) is 14.1. The van der Waals surface area contributed by atoms with Gasteiger partial charge >= 0.3 is 5.97 Å². The molecule has 1 N–H and O–H groups in total. The monoisotopic (exact) mass is 350 g/mol. The number of hydrogen-bond donors (Lipinski definition) is 1. The van der Waals surface area contributed by atoms with Gasteiger partial charge in [0.2, 0.25) is 0 Å². The van der Waals surface area contributed by atoms with E-state index < -0.39 is 5.92 Å². The van der Waals surface area contributed by atoms with Gasteiger partial charge in [0.1, 0.15) is 18.3 Å². The van der Waals surface area contributed by atoms with Crippen LogP contribution >= 0.6 is 12.2 Å². The summed E-state index contributed by atoms with van der Waals surface area (Å²) >= 11 is 5.18. The van der Waals surface area contributed by atoms with Gasteiger partial charge in [-0.3, -0.25) is 4.79 Å². The molecular weight excluding hydrogens is 328 g/mol. The normalized spacial score (nSPS) is 20.1. The van der Waals surface area contributed by atoms with E-state index in [4.69, 9.17) is 26.4 Å². The molecule has 0 bridgehead atoms. The molecule has 0 aliphatic carbocycles. The molecule has 0 radical (unpaired) electrons. The summed E-state index contributed by atoms with van der Waals surface area (Å²) in [7, 11) is 1.56. The first-order valence-corrected chi connectivity index (χ1v) is 8.21. The van der Waals surface area contributed by atoms with E-state index in [0.717, 1.165) is 11.3 Å². The summed E-state index contributed by atoms with van der Waals surface area (Å²) in [6, 6.07) is 7.26. The summed E-state index contributed by atoms with van der Waals surface area (Å²) in [5, 5.41) is 3.47. The van der Waals surface area contributed by atoms with Crippen molar-refractivity contribution in [1.82, 2.24) is 5.32 Å². The molecule has 2 atom stereocenters. The minimum atomic E-state index is -0.536. The first-order valence-electron chi connectivity index (χ1n) is 7.80. The third-order valence-electron chi connectivity index (χ3n) is 3.68. The quantitative estimate of drug-likeness (QED) is 0.462. The lowest BCUT2D eigenvalue weighted by atomic mass is 9.88. The number of thiocarbonyl (C=S) groups is 1. The second-order valence-corrected chi connectivity index (χ2v) is 5.71. The average molecular weight is 350 g/mol. The Morgan fingerprint density at radius 1 is 1.29 bits per heavy atom. The molecule has 2 rings (SSSR count). The zero-order valence-corrected chi connectivity index (χ0v) is 14.9. The standard InChI is InChI=1S/C17H22N2O4S/c1-4-22-13-7-5-12(6-8-13)15-14(11(2)18-17(24)19-15)16(20)23-10-9-21-3/h5-8,14-15H,4,9-10H2,1-3H3,(H,19,24). The number of hydrogen-bond acceptors (Lipinski definition) is 5. The Bertz CT molecular complexity index is 616. The van der Waals surface area contributed by atoms with Crippen LogP contribution in [0.5, 0.6) is 5.75 Å². The molecule has 1 aromatic carbocycles. The SMILES string of the molecule is CCOc1ccc(C2NC(=S)N=C(C)C2C(=O)OCCOC)cc1. The summed E-state index contributed by atoms with van der Waals surface area (Å²) < 4.78 is 15.7. The van der Waals surface area contributed by atoms with Crippen LogP contribution in [0.25, 0.3) is 0 Å². The van der Waals surface area contributed by atoms with Gasteiger partial charge in [-0.2, -0.15) is 0 Å². The maximum absolute atomic E-state index is 12.5. The van der Waals surface area contributed by atoms with E-state index in [1.54, 1.807) is 14.0 Å². The van der Waals surface area contributed by atoms with Crippen LogP contribution in [0, 0.1) is 5.92 Å². The summed E-state index contributed by atoms with van der Waals surface area (Å²) in [6.07, 6.45) is 0. The molecule has 1 heterocycles. The highest BCUT2D eigenvalue weighted by Gasteiger charge is 2.36. The van der Waals surface area contributed by atoms with Gasteiger partial charge in [0.25, 0.3) is 0 Å². The Labute approximate surface area is 147 Å². The van der Waals surface area contributed by atoms with E-state index in [0.29, 0.717) is 24.0 Å². The van der Waals surface area contributed by atoms with Gasteiger partial charge in [-0.1, -0.05) is 12.1 Å². The van der Waals surface area contributed by atoms with E-state index in [2.05, 4.69) is 10.3 Å². The van der Waals surface area contributed by atoms with Crippen LogP contribution in [0.2, 0.25) is 0 Å². The van der Waals surface area contributed by atoms with Gasteiger partial charge in [-0.05, 0) is 43.8 Å². The van der Waals surface area contributed by atoms with Crippen molar-refractivity contribution in [1.29, 1.82) is 0 Å². The largest absolute Gasteiger partial charge is 0.494 e. The average Bonchev–Trinajstić information content (AvgIpc) is 2.55. The number of carbonyl (C=O) groups excluding carboxylic acids is 1. The van der Waals surface area contributed by atoms with Crippen molar-refractivity contribution < 1.29 is 19.0 Å². The second-order valence-electron chi connectivity index (χ2n) is 5.32. The molecule has 1 aromatic rings. The molecule has 7 heteroatoms. The van der Waals surface area contributed by atoms with Crippen LogP contribution in [0.4, 0.5) is 0 Å². The molecule has 1 aliphatic heterocycles. The number of aliphatic imine (C=N–C) groups is 1. The van der Waals surface area contributed by atoms with Gasteiger partial charge in [0.15, 0.2) is 5.11 Å². The lowest BCUT2D eigenvalue weighted by molar-refractivity contribution is -0.148. The van der Waals surface area contributed by atoms with Gasteiger partial charge in [-0.15, -0.1) is 0 Å². The molecule has 0 aromatic heterocycles. The van der Waals surface area contributed by atoms with Gasteiger partial charge < -0.3 is 19.5 Å². The lowest BCUT2D eigenvalue weighted by Crippen LogP contribution is -2.44. The maximum atomic E-state index is 12.5. The van der Waals surface area contributed by atoms with Crippen molar-refractivity contribution in [2.75, 3.05) is 26.9 Å². The first kappa shape index (κ1) is 18.4. The predicted molar refractivity (Wildman–Crippen MR) is 95.5 cm³/mol. The van der Waals surface area contributed by atoms with Crippen LogP contribution < -0.4 is 10.1 Å². The van der Waals surface area contributed by atoms with Gasteiger partial charge in [0.05, 0.1) is 19.3 Å². The van der Waals surface area contributed by atoms with Crippen LogP contribution in [0.1, 0.15) is 25.5 Å². The number of nitrogens with one attached hydrogen (secondary N) is 1. The molecule has 0 saturated heterocycles. The maximum Gasteiger partial charge on any atom is 0.317 e. The van der Waals surface area contributed by atoms with Crippen LogP contribution in [-0.2, 0) is 14.3 Å². The van der Waals surface area contributed by atoms with Gasteiger partial charge in [0, 0.05) is 12.8 Å². The summed E-state index contributed by atoms with van der Waals surface area (Å²) in [5.74, 6) is -0.0991. The van der Waals surface area contributed by atoms with Crippen molar-refractivity contribution in [2.24, 2.45) is 10.9 Å². The van der Waals surface area contributed by atoms with Crippen molar-refractivity contribution in [3.05, 3.63) is 29.8 Å². The van der Waals surface area contributed by atoms with E-state index >= 15 is 0 Å². The number of carbonyl (C=O) groups is 1. The van der Waals surface area contributed by atoms with E-state index in [9.17, 15) is 4.79 Å². The highest BCUT2D eigenvalue weighted by Crippen LogP contribution is 2.29. The summed E-state index contributed by atoms with van der Waals surface area (Å²) in [5.41, 5.74) is 1.56. The van der Waals surface area contributed by atoms with Crippen LogP contribution in [0.3, 0.4) is 0 Å². The second kappa shape index (κ2) is 8.75. The Morgan fingerprint density at radius 3 is 2.62 bits per heavy atom. The Morgan fingerprint density at radius 2 is 2.00 bits per heavy atom. The fourth-order valence-corrected chi connectivity index (χ4v) is 2.83. The fourth-order valence-electron chi connectivity index (χ4n) is 2.56. The first-order chi connectivity index (χ1) is 11.6. The molecule has 1 aliphatic rings. The number of nitrogens with zero attached hydrogens (tertiary/aromatic N) is 1. The molecule has 0 amide bonds. The minimum absolute atomic E-state index is 0.208. The Hall–Kier alpha value is -1.99. The molecule has 24 heavy (non-hydrogen) atoms. The predicted octanol–water partition coefficient (Wildman–Crippen LogP) is 2.28. The number of benzene rings is 1. The number of methoxy groups -OCH3 is 1. The number of esters is 1. The topological polar surface area (TPSA) is 69.2 Å². The summed E-state index contributed by atoms with van der Waals surface area (Å²) in [4.78, 5) is 16.7. The highest BCUT2D eigenvalue weighted by molar-refractivity contribution is 7.80. The molecular formula is C17H22N2O4S. The van der Waals surface area contributed by atoms with Crippen molar-refractivity contribution >= 4 is 29.0 Å². The van der Waals surface area contributed by atoms with Crippen molar-refractivity contribution in [3.8, 4) is 5.75 Å². The molecule has 130 valence electrons. The molecule has 6 nitrogen and oxygen atoms in total. The third kappa shape index (κ3) is 4.52. The Balaban J connectivity index is 2.22. The van der Waals surface area contributed by atoms with Gasteiger partial charge in [-0.25, -0.2) is 4.99 Å². The molecule has 2 unspecified atom stereocenters. The van der Waals surface area contributed by atoms with Crippen molar-refractivity contribution in [2.45, 2.75) is 19.9 Å². The molecule has 0 spiro atoms. The highest BCUT2D eigenvalue weighted by atomic mass is 32.1. The van der Waals surface area contributed by atoms with E-state index in [1.165, 1.54) is 0 Å². The van der Waals surface area contributed by atoms with Crippen LogP contribution in [0.15, 0.2) is 29.3 Å². The number of ether oxygens (including phenoxy) is 3. The van der Waals surface area contributed by atoms with E-state index in [1.807, 2.05) is 31.2 Å². The fraction of sp³-hybridized carbons (Fsp3) is 0.471. The zero-order chi connectivity index (χ0) is 17.5. The molecule has 0 saturated carbocycles. The number of rotatable bonds is 7. The molecule has 0 fully saturated rings. The third-order valence-corrected chi connectivity index (χ3v) is 3.89. The van der Waals surface area contributed by atoms with E-state index in [-0.39, 0.29) is 18.6 Å². The summed E-state index contributed by atoms with van der Waals surface area (Å²) in [6.45, 7) is 4.89. The minimum Gasteiger partial charge on any atom is -0.494 e.